The summed E-state index contributed by atoms with van der Waals surface area (Å²) < 4.78 is 5.10. The molecular weight excluding hydrogens is 242 g/mol. The summed E-state index contributed by atoms with van der Waals surface area (Å²) in [5, 5.41) is 3.89. The molecule has 0 spiro atoms. The van der Waals surface area contributed by atoms with Crippen molar-refractivity contribution in [2.75, 3.05) is 13.1 Å². The fraction of sp³-hybridized carbons (Fsp3) is 0.714. The Bertz CT molecular complexity index is 434. The number of carbonyl (C=O) groups is 1. The molecule has 2 heterocycles. The van der Waals surface area contributed by atoms with Crippen molar-refractivity contribution in [3.8, 4) is 0 Å². The number of hydrogen-bond donors (Lipinski definition) is 1. The minimum atomic E-state index is 0.148. The molecule has 0 saturated carbocycles. The van der Waals surface area contributed by atoms with E-state index < -0.39 is 0 Å². The zero-order valence-electron chi connectivity index (χ0n) is 12.0. The van der Waals surface area contributed by atoms with Crippen LogP contribution in [-0.4, -0.2) is 35.1 Å². The summed E-state index contributed by atoms with van der Waals surface area (Å²) in [4.78, 5) is 14.3. The highest BCUT2D eigenvalue weighted by Gasteiger charge is 2.26. The number of hydrogen-bond acceptors (Lipinski definition) is 4. The first-order chi connectivity index (χ1) is 8.99. The third kappa shape index (κ3) is 3.15. The van der Waals surface area contributed by atoms with Crippen LogP contribution in [0, 0.1) is 19.8 Å². The molecule has 0 aliphatic carbocycles. The highest BCUT2D eigenvalue weighted by atomic mass is 16.5. The van der Waals surface area contributed by atoms with Crippen molar-refractivity contribution in [1.29, 1.82) is 0 Å². The molecule has 0 aromatic carbocycles. The average molecular weight is 265 g/mol. The van der Waals surface area contributed by atoms with Crippen LogP contribution in [0.1, 0.15) is 36.8 Å². The van der Waals surface area contributed by atoms with E-state index in [1.807, 2.05) is 25.7 Å². The van der Waals surface area contributed by atoms with Gasteiger partial charge in [0.15, 0.2) is 0 Å². The summed E-state index contributed by atoms with van der Waals surface area (Å²) in [7, 11) is 0. The molecule has 5 nitrogen and oxygen atoms in total. The lowest BCUT2D eigenvalue weighted by Gasteiger charge is -2.34. The summed E-state index contributed by atoms with van der Waals surface area (Å²) in [5.74, 6) is 1.31. The predicted octanol–water partition coefficient (Wildman–Crippen LogP) is 1.42. The van der Waals surface area contributed by atoms with Gasteiger partial charge in [-0.15, -0.1) is 0 Å². The second-order valence-corrected chi connectivity index (χ2v) is 5.58. The lowest BCUT2D eigenvalue weighted by atomic mass is 9.92. The van der Waals surface area contributed by atoms with Crippen molar-refractivity contribution in [2.24, 2.45) is 11.7 Å². The topological polar surface area (TPSA) is 72.4 Å². The molecule has 5 heteroatoms. The monoisotopic (exact) mass is 265 g/mol. The van der Waals surface area contributed by atoms with Crippen LogP contribution >= 0.6 is 0 Å². The van der Waals surface area contributed by atoms with Crippen molar-refractivity contribution >= 4 is 5.91 Å². The largest absolute Gasteiger partial charge is 0.361 e. The Kier molecular flexibility index (Phi) is 4.24. The number of rotatable bonds is 3. The molecule has 2 N–H and O–H groups in total. The molecule has 0 bridgehead atoms. The van der Waals surface area contributed by atoms with E-state index in [1.165, 1.54) is 0 Å². The van der Waals surface area contributed by atoms with Gasteiger partial charge in [0.05, 0.1) is 12.1 Å². The van der Waals surface area contributed by atoms with Crippen molar-refractivity contribution < 1.29 is 9.32 Å². The number of nitrogens with zero attached hydrogens (tertiary/aromatic N) is 2. The van der Waals surface area contributed by atoms with Gasteiger partial charge in [0.2, 0.25) is 5.91 Å². The molecule has 1 aliphatic heterocycles. The lowest BCUT2D eigenvalue weighted by molar-refractivity contribution is -0.132. The number of likely N-dealkylation sites (tertiary alicyclic amines) is 1. The predicted molar refractivity (Wildman–Crippen MR) is 72.6 cm³/mol. The van der Waals surface area contributed by atoms with Crippen molar-refractivity contribution in [1.82, 2.24) is 10.1 Å². The van der Waals surface area contributed by atoms with Gasteiger partial charge in [-0.3, -0.25) is 4.79 Å². The average Bonchev–Trinajstić information content (AvgIpc) is 2.70. The van der Waals surface area contributed by atoms with E-state index in [0.29, 0.717) is 12.3 Å². The summed E-state index contributed by atoms with van der Waals surface area (Å²) in [6.45, 7) is 7.36. The van der Waals surface area contributed by atoms with Crippen LogP contribution in [0.5, 0.6) is 0 Å². The zero-order valence-corrected chi connectivity index (χ0v) is 12.0. The van der Waals surface area contributed by atoms with E-state index in [2.05, 4.69) is 5.16 Å². The van der Waals surface area contributed by atoms with E-state index >= 15 is 0 Å². The number of piperidine rings is 1. The van der Waals surface area contributed by atoms with Gasteiger partial charge in [0.1, 0.15) is 5.76 Å². The second kappa shape index (κ2) is 5.74. The van der Waals surface area contributed by atoms with E-state index in [9.17, 15) is 4.79 Å². The van der Waals surface area contributed by atoms with Gasteiger partial charge in [-0.05, 0) is 39.5 Å². The molecule has 1 saturated heterocycles. The molecule has 1 aromatic rings. The molecule has 2 rings (SSSR count). The normalized spacial score (nSPS) is 21.5. The standard InChI is InChI=1S/C14H23N3O2/c1-9(15)12-5-4-6-17(8-12)14(18)7-13-10(2)16-19-11(13)3/h9,12H,4-8,15H2,1-3H3/t9-,12+/m1/s1. The van der Waals surface area contributed by atoms with Crippen LogP contribution < -0.4 is 5.73 Å². The summed E-state index contributed by atoms with van der Waals surface area (Å²) in [6, 6.07) is 0.148. The number of carbonyl (C=O) groups excluding carboxylic acids is 1. The third-order valence-corrected chi connectivity index (χ3v) is 4.06. The van der Waals surface area contributed by atoms with Gasteiger partial charge in [0, 0.05) is 24.7 Å². The summed E-state index contributed by atoms with van der Waals surface area (Å²) in [6.07, 6.45) is 2.54. The maximum atomic E-state index is 12.4. The number of aromatic nitrogens is 1. The van der Waals surface area contributed by atoms with Gasteiger partial charge < -0.3 is 15.2 Å². The third-order valence-electron chi connectivity index (χ3n) is 4.06. The smallest absolute Gasteiger partial charge is 0.227 e. The van der Waals surface area contributed by atoms with E-state index in [1.54, 1.807) is 0 Å². The molecule has 0 radical (unpaired) electrons. The molecule has 106 valence electrons. The molecule has 1 aromatic heterocycles. The minimum absolute atomic E-state index is 0.148. The molecule has 1 aliphatic rings. The van der Waals surface area contributed by atoms with Gasteiger partial charge in [-0.2, -0.15) is 0 Å². The first-order valence-corrected chi connectivity index (χ1v) is 6.94. The zero-order chi connectivity index (χ0) is 14.0. The Morgan fingerprint density at radius 3 is 2.89 bits per heavy atom. The Hall–Kier alpha value is -1.36. The Morgan fingerprint density at radius 1 is 1.58 bits per heavy atom. The Labute approximate surface area is 114 Å². The minimum Gasteiger partial charge on any atom is -0.361 e. The highest BCUT2D eigenvalue weighted by molar-refractivity contribution is 5.79. The number of aryl methyl sites for hydroxylation is 2. The fourth-order valence-corrected chi connectivity index (χ4v) is 2.68. The second-order valence-electron chi connectivity index (χ2n) is 5.58. The summed E-state index contributed by atoms with van der Waals surface area (Å²) in [5.41, 5.74) is 7.69. The Morgan fingerprint density at radius 2 is 2.32 bits per heavy atom. The number of amides is 1. The first-order valence-electron chi connectivity index (χ1n) is 6.94. The molecule has 2 atom stereocenters. The van der Waals surface area contributed by atoms with Gasteiger partial charge in [-0.25, -0.2) is 0 Å². The van der Waals surface area contributed by atoms with Gasteiger partial charge in [-0.1, -0.05) is 5.16 Å². The van der Waals surface area contributed by atoms with E-state index in [4.69, 9.17) is 10.3 Å². The van der Waals surface area contributed by atoms with Crippen molar-refractivity contribution in [3.05, 3.63) is 17.0 Å². The maximum Gasteiger partial charge on any atom is 0.227 e. The van der Waals surface area contributed by atoms with Crippen LogP contribution in [0.25, 0.3) is 0 Å². The van der Waals surface area contributed by atoms with Crippen LogP contribution in [0.2, 0.25) is 0 Å². The highest BCUT2D eigenvalue weighted by Crippen LogP contribution is 2.21. The van der Waals surface area contributed by atoms with E-state index in [-0.39, 0.29) is 11.9 Å². The quantitative estimate of drug-likeness (QED) is 0.897. The van der Waals surface area contributed by atoms with Crippen molar-refractivity contribution in [3.63, 3.8) is 0 Å². The fourth-order valence-electron chi connectivity index (χ4n) is 2.68. The SMILES string of the molecule is Cc1noc(C)c1CC(=O)N1CCC[C@H]([C@@H](C)N)C1. The Balaban J connectivity index is 2.00. The van der Waals surface area contributed by atoms with Crippen LogP contribution in [0.15, 0.2) is 4.52 Å². The summed E-state index contributed by atoms with van der Waals surface area (Å²) >= 11 is 0. The molecule has 19 heavy (non-hydrogen) atoms. The van der Waals surface area contributed by atoms with Crippen molar-refractivity contribution in [2.45, 2.75) is 46.1 Å². The number of nitrogens with two attached hydrogens (primary N) is 1. The first kappa shape index (κ1) is 14.1. The molecule has 1 fully saturated rings. The molecule has 0 unspecified atom stereocenters. The maximum absolute atomic E-state index is 12.4. The van der Waals surface area contributed by atoms with Gasteiger partial charge in [0.25, 0.3) is 0 Å². The lowest BCUT2D eigenvalue weighted by Crippen LogP contribution is -2.45. The molecular formula is C14H23N3O2. The van der Waals surface area contributed by atoms with E-state index in [0.717, 1.165) is 42.9 Å². The van der Waals surface area contributed by atoms with Crippen LogP contribution in [-0.2, 0) is 11.2 Å². The van der Waals surface area contributed by atoms with Crippen LogP contribution in [0.4, 0.5) is 0 Å². The van der Waals surface area contributed by atoms with Crippen LogP contribution in [0.3, 0.4) is 0 Å². The molecule has 1 amide bonds. The van der Waals surface area contributed by atoms with Gasteiger partial charge >= 0.3 is 0 Å².